The Labute approximate surface area is 111 Å². The van der Waals surface area contributed by atoms with E-state index in [2.05, 4.69) is 0 Å². The van der Waals surface area contributed by atoms with Gasteiger partial charge >= 0.3 is 0 Å². The Hall–Kier alpha value is -1.26. The van der Waals surface area contributed by atoms with Gasteiger partial charge in [0.1, 0.15) is 0 Å². The van der Waals surface area contributed by atoms with Crippen LogP contribution in [0, 0.1) is 5.92 Å². The normalized spacial score (nSPS) is 19.2. The molecule has 0 bridgehead atoms. The Morgan fingerprint density at radius 1 is 1.56 bits per heavy atom. The fourth-order valence-corrected chi connectivity index (χ4v) is 2.41. The van der Waals surface area contributed by atoms with Crippen LogP contribution in [0.5, 0.6) is 0 Å². The van der Waals surface area contributed by atoms with E-state index in [9.17, 15) is 4.79 Å². The molecule has 0 saturated carbocycles. The van der Waals surface area contributed by atoms with Crippen molar-refractivity contribution in [3.63, 3.8) is 0 Å². The van der Waals surface area contributed by atoms with Crippen LogP contribution in [0.4, 0.5) is 5.69 Å². The second kappa shape index (κ2) is 5.59. The smallest absolute Gasteiger partial charge is 0.253 e. The molecule has 1 fully saturated rings. The molecule has 0 aromatic heterocycles. The highest BCUT2D eigenvalue weighted by atomic mass is 35.5. The van der Waals surface area contributed by atoms with Crippen LogP contribution < -0.4 is 5.73 Å². The lowest BCUT2D eigenvalue weighted by molar-refractivity contribution is 0.0785. The lowest BCUT2D eigenvalue weighted by Gasteiger charge is -2.16. The lowest BCUT2D eigenvalue weighted by atomic mass is 10.1. The monoisotopic (exact) mass is 268 g/mol. The van der Waals surface area contributed by atoms with Gasteiger partial charge in [-0.05, 0) is 37.0 Å². The summed E-state index contributed by atoms with van der Waals surface area (Å²) in [5.74, 6) is 0.391. The predicted molar refractivity (Wildman–Crippen MR) is 71.6 cm³/mol. The van der Waals surface area contributed by atoms with Crippen LogP contribution in [0.25, 0.3) is 0 Å². The third-order valence-electron chi connectivity index (χ3n) is 3.35. The van der Waals surface area contributed by atoms with Gasteiger partial charge in [0.2, 0.25) is 0 Å². The summed E-state index contributed by atoms with van der Waals surface area (Å²) in [6.07, 6.45) is 1.71. The molecule has 3 N–H and O–H groups in total. The SMILES string of the molecule is Nc1cc(C(=O)N2CCC(CCO)C2)ccc1Cl. The summed E-state index contributed by atoms with van der Waals surface area (Å²) in [4.78, 5) is 14.0. The van der Waals surface area contributed by atoms with Crippen molar-refractivity contribution in [2.24, 2.45) is 5.92 Å². The number of nitrogens with zero attached hydrogens (tertiary/aromatic N) is 1. The van der Waals surface area contributed by atoms with Gasteiger partial charge in [0.25, 0.3) is 5.91 Å². The van der Waals surface area contributed by atoms with E-state index in [1.807, 2.05) is 4.90 Å². The number of amides is 1. The average Bonchev–Trinajstić information content (AvgIpc) is 2.81. The minimum Gasteiger partial charge on any atom is -0.398 e. The first-order valence-corrected chi connectivity index (χ1v) is 6.44. The second-order valence-corrected chi connectivity index (χ2v) is 5.06. The number of benzene rings is 1. The number of likely N-dealkylation sites (tertiary alicyclic amines) is 1. The third kappa shape index (κ3) is 2.76. The summed E-state index contributed by atoms with van der Waals surface area (Å²) in [5.41, 5.74) is 6.69. The van der Waals surface area contributed by atoms with E-state index >= 15 is 0 Å². The number of halogens is 1. The number of nitrogen functional groups attached to an aromatic ring is 1. The molecule has 1 heterocycles. The lowest BCUT2D eigenvalue weighted by Crippen LogP contribution is -2.28. The van der Waals surface area contributed by atoms with Gasteiger partial charge in [-0.2, -0.15) is 0 Å². The number of hydrogen-bond acceptors (Lipinski definition) is 3. The number of hydrogen-bond donors (Lipinski definition) is 2. The van der Waals surface area contributed by atoms with E-state index in [4.69, 9.17) is 22.4 Å². The molecular weight excluding hydrogens is 252 g/mol. The summed E-state index contributed by atoms with van der Waals surface area (Å²) < 4.78 is 0. The molecular formula is C13H17ClN2O2. The molecule has 1 saturated heterocycles. The molecule has 1 aliphatic heterocycles. The van der Waals surface area contributed by atoms with Crippen LogP contribution in [0.2, 0.25) is 5.02 Å². The maximum absolute atomic E-state index is 12.2. The first-order chi connectivity index (χ1) is 8.61. The van der Waals surface area contributed by atoms with Crippen LogP contribution in [-0.2, 0) is 0 Å². The van der Waals surface area contributed by atoms with Gasteiger partial charge in [0.15, 0.2) is 0 Å². The van der Waals surface area contributed by atoms with Crippen molar-refractivity contribution in [3.05, 3.63) is 28.8 Å². The summed E-state index contributed by atoms with van der Waals surface area (Å²) in [7, 11) is 0. The second-order valence-electron chi connectivity index (χ2n) is 4.65. The molecule has 5 heteroatoms. The van der Waals surface area contributed by atoms with Crippen LogP contribution >= 0.6 is 11.6 Å². The molecule has 1 unspecified atom stereocenters. The van der Waals surface area contributed by atoms with Crippen LogP contribution in [0.3, 0.4) is 0 Å². The van der Waals surface area contributed by atoms with Gasteiger partial charge in [-0.1, -0.05) is 11.6 Å². The van der Waals surface area contributed by atoms with Gasteiger partial charge < -0.3 is 15.7 Å². The van der Waals surface area contributed by atoms with Gasteiger partial charge in [-0.25, -0.2) is 0 Å². The van der Waals surface area contributed by atoms with Crippen molar-refractivity contribution < 1.29 is 9.90 Å². The topological polar surface area (TPSA) is 66.6 Å². The van der Waals surface area contributed by atoms with E-state index in [1.54, 1.807) is 18.2 Å². The quantitative estimate of drug-likeness (QED) is 0.821. The molecule has 0 radical (unpaired) electrons. The minimum absolute atomic E-state index is 0.0150. The van der Waals surface area contributed by atoms with Crippen molar-refractivity contribution in [2.45, 2.75) is 12.8 Å². The average molecular weight is 269 g/mol. The Morgan fingerprint density at radius 3 is 3.00 bits per heavy atom. The Morgan fingerprint density at radius 2 is 2.33 bits per heavy atom. The first-order valence-electron chi connectivity index (χ1n) is 6.07. The molecule has 4 nitrogen and oxygen atoms in total. The highest BCUT2D eigenvalue weighted by Gasteiger charge is 2.26. The zero-order valence-electron chi connectivity index (χ0n) is 10.1. The highest BCUT2D eigenvalue weighted by molar-refractivity contribution is 6.33. The molecule has 0 spiro atoms. The molecule has 1 atom stereocenters. The maximum Gasteiger partial charge on any atom is 0.253 e. The van der Waals surface area contributed by atoms with Gasteiger partial charge in [0.05, 0.1) is 10.7 Å². The number of rotatable bonds is 3. The number of aliphatic hydroxyl groups is 1. The Bertz CT molecular complexity index is 451. The van der Waals surface area contributed by atoms with Crippen LogP contribution in [0.1, 0.15) is 23.2 Å². The number of nitrogens with two attached hydrogens (primary N) is 1. The van der Waals surface area contributed by atoms with E-state index in [-0.39, 0.29) is 12.5 Å². The number of carbonyl (C=O) groups is 1. The van der Waals surface area contributed by atoms with Gasteiger partial charge in [-0.3, -0.25) is 4.79 Å². The Kier molecular flexibility index (Phi) is 4.09. The number of carbonyl (C=O) groups excluding carboxylic acids is 1. The summed E-state index contributed by atoms with van der Waals surface area (Å²) in [6.45, 7) is 1.63. The summed E-state index contributed by atoms with van der Waals surface area (Å²) in [6, 6.07) is 4.95. The number of anilines is 1. The van der Waals surface area contributed by atoms with Crippen molar-refractivity contribution in [1.29, 1.82) is 0 Å². The molecule has 1 amide bonds. The van der Waals surface area contributed by atoms with E-state index in [0.29, 0.717) is 28.7 Å². The summed E-state index contributed by atoms with van der Waals surface area (Å²) >= 11 is 5.83. The first kappa shape index (κ1) is 13.2. The van der Waals surface area contributed by atoms with Crippen molar-refractivity contribution >= 4 is 23.2 Å². The molecule has 18 heavy (non-hydrogen) atoms. The summed E-state index contributed by atoms with van der Waals surface area (Å²) in [5, 5.41) is 9.36. The van der Waals surface area contributed by atoms with Crippen LogP contribution in [-0.4, -0.2) is 35.6 Å². The van der Waals surface area contributed by atoms with Gasteiger partial charge in [-0.15, -0.1) is 0 Å². The predicted octanol–water partition coefficient (Wildman–Crippen LogP) is 1.77. The standard InChI is InChI=1S/C13H17ClN2O2/c14-11-2-1-10(7-12(11)15)13(18)16-5-3-9(8-16)4-6-17/h1-2,7,9,17H,3-6,8,15H2. The van der Waals surface area contributed by atoms with Crippen LogP contribution in [0.15, 0.2) is 18.2 Å². The highest BCUT2D eigenvalue weighted by Crippen LogP contribution is 2.24. The molecule has 1 aliphatic rings. The molecule has 98 valence electrons. The van der Waals surface area contributed by atoms with E-state index in [1.165, 1.54) is 0 Å². The van der Waals surface area contributed by atoms with Crippen molar-refractivity contribution in [2.75, 3.05) is 25.4 Å². The largest absolute Gasteiger partial charge is 0.398 e. The molecule has 1 aromatic rings. The fraction of sp³-hybridized carbons (Fsp3) is 0.462. The molecule has 1 aromatic carbocycles. The molecule has 0 aliphatic carbocycles. The number of aliphatic hydroxyl groups excluding tert-OH is 1. The van der Waals surface area contributed by atoms with Gasteiger partial charge in [0, 0.05) is 25.3 Å². The fourth-order valence-electron chi connectivity index (χ4n) is 2.29. The third-order valence-corrected chi connectivity index (χ3v) is 3.70. The minimum atomic E-state index is -0.0150. The zero-order chi connectivity index (χ0) is 13.1. The zero-order valence-corrected chi connectivity index (χ0v) is 10.9. The maximum atomic E-state index is 12.2. The van der Waals surface area contributed by atoms with Crippen molar-refractivity contribution in [3.8, 4) is 0 Å². The van der Waals surface area contributed by atoms with E-state index in [0.717, 1.165) is 19.4 Å². The molecule has 2 rings (SSSR count). The van der Waals surface area contributed by atoms with Crippen molar-refractivity contribution in [1.82, 2.24) is 4.90 Å². The Balaban J connectivity index is 2.05. The van der Waals surface area contributed by atoms with E-state index < -0.39 is 0 Å².